The zero-order valence-electron chi connectivity index (χ0n) is 14.8. The van der Waals surface area contributed by atoms with Gasteiger partial charge in [-0.05, 0) is 50.5 Å². The van der Waals surface area contributed by atoms with Gasteiger partial charge < -0.3 is 20.3 Å². The number of ether oxygens (including phenoxy) is 1. The highest BCUT2D eigenvalue weighted by Crippen LogP contribution is 2.18. The summed E-state index contributed by atoms with van der Waals surface area (Å²) in [5.74, 6) is -0.147. The molecule has 26 heavy (non-hydrogen) atoms. The zero-order chi connectivity index (χ0) is 18.9. The second-order valence-corrected chi connectivity index (χ2v) is 6.81. The average Bonchev–Trinajstić information content (AvgIpc) is 2.62. The first-order chi connectivity index (χ1) is 12.5. The van der Waals surface area contributed by atoms with Gasteiger partial charge in [0, 0.05) is 23.2 Å². The molecule has 0 fully saturated rings. The highest BCUT2D eigenvalue weighted by molar-refractivity contribution is 9.10. The lowest BCUT2D eigenvalue weighted by Crippen LogP contribution is -2.31. The number of para-hydroxylation sites is 1. The van der Waals surface area contributed by atoms with E-state index in [1.807, 2.05) is 31.1 Å². The Morgan fingerprint density at radius 2 is 1.77 bits per heavy atom. The number of benzene rings is 2. The van der Waals surface area contributed by atoms with Crippen LogP contribution in [0.3, 0.4) is 0 Å². The van der Waals surface area contributed by atoms with Crippen molar-refractivity contribution in [2.45, 2.75) is 0 Å². The van der Waals surface area contributed by atoms with E-state index in [2.05, 4.69) is 26.6 Å². The maximum atomic E-state index is 12.3. The third-order valence-corrected chi connectivity index (χ3v) is 3.99. The van der Waals surface area contributed by atoms with Crippen molar-refractivity contribution in [1.29, 1.82) is 0 Å². The lowest BCUT2D eigenvalue weighted by Gasteiger charge is -2.13. The summed E-state index contributed by atoms with van der Waals surface area (Å²) in [6, 6.07) is 14.1. The van der Waals surface area contributed by atoms with E-state index in [1.54, 1.807) is 36.4 Å². The minimum Gasteiger partial charge on any atom is -0.483 e. The second-order valence-electron chi connectivity index (χ2n) is 5.90. The molecule has 0 heterocycles. The monoisotopic (exact) mass is 419 g/mol. The number of carbonyl (C=O) groups excluding carboxylic acids is 2. The van der Waals surface area contributed by atoms with Gasteiger partial charge in [0.05, 0.1) is 5.56 Å². The Bertz CT molecular complexity index is 748. The van der Waals surface area contributed by atoms with Crippen LogP contribution < -0.4 is 15.4 Å². The minimum absolute atomic E-state index is 0.182. The highest BCUT2D eigenvalue weighted by Gasteiger charge is 2.13. The fourth-order valence-electron chi connectivity index (χ4n) is 2.14. The van der Waals surface area contributed by atoms with Crippen molar-refractivity contribution in [2.24, 2.45) is 0 Å². The third kappa shape index (κ3) is 6.50. The van der Waals surface area contributed by atoms with Crippen LogP contribution >= 0.6 is 15.9 Å². The van der Waals surface area contributed by atoms with Gasteiger partial charge in [-0.25, -0.2) is 0 Å². The minimum atomic E-state index is -0.296. The summed E-state index contributed by atoms with van der Waals surface area (Å²) in [7, 11) is 3.88. The van der Waals surface area contributed by atoms with E-state index in [1.165, 1.54) is 0 Å². The van der Waals surface area contributed by atoms with Crippen molar-refractivity contribution in [3.05, 3.63) is 58.6 Å². The molecule has 138 valence electrons. The molecule has 0 spiro atoms. The van der Waals surface area contributed by atoms with Gasteiger partial charge in [0.25, 0.3) is 11.8 Å². The summed E-state index contributed by atoms with van der Waals surface area (Å²) in [6.45, 7) is 1.09. The maximum Gasteiger partial charge on any atom is 0.262 e. The van der Waals surface area contributed by atoms with Crippen LogP contribution in [0.2, 0.25) is 0 Å². The molecule has 0 unspecified atom stereocenters. The molecule has 2 N–H and O–H groups in total. The van der Waals surface area contributed by atoms with Crippen LogP contribution in [0, 0.1) is 0 Å². The second kappa shape index (κ2) is 9.94. The summed E-state index contributed by atoms with van der Waals surface area (Å²) < 4.78 is 6.48. The van der Waals surface area contributed by atoms with Crippen LogP contribution in [0.5, 0.6) is 5.75 Å². The number of anilines is 1. The summed E-state index contributed by atoms with van der Waals surface area (Å²) in [5.41, 5.74) is 1.08. The first-order valence-corrected chi connectivity index (χ1v) is 8.95. The Hall–Kier alpha value is -2.38. The maximum absolute atomic E-state index is 12.3. The Kier molecular flexibility index (Phi) is 7.62. The van der Waals surface area contributed by atoms with Gasteiger partial charge >= 0.3 is 0 Å². The number of nitrogens with zero attached hydrogens (tertiary/aromatic N) is 1. The standard InChI is InChI=1S/C19H22BrN3O3/c1-23(2)12-11-21-19(25)16-5-3-4-6-17(16)26-13-18(24)22-15-9-7-14(20)8-10-15/h3-10H,11-13H2,1-2H3,(H,21,25)(H,22,24). The first kappa shape index (κ1) is 19.9. The normalized spacial score (nSPS) is 10.5. The van der Waals surface area contributed by atoms with Gasteiger partial charge in [-0.2, -0.15) is 0 Å². The van der Waals surface area contributed by atoms with Gasteiger partial charge in [0.1, 0.15) is 5.75 Å². The molecule has 0 atom stereocenters. The van der Waals surface area contributed by atoms with Gasteiger partial charge in [0.2, 0.25) is 0 Å². The van der Waals surface area contributed by atoms with Crippen LogP contribution in [0.4, 0.5) is 5.69 Å². The van der Waals surface area contributed by atoms with E-state index in [9.17, 15) is 9.59 Å². The number of halogens is 1. The van der Waals surface area contributed by atoms with E-state index < -0.39 is 0 Å². The number of rotatable bonds is 8. The quantitative estimate of drug-likeness (QED) is 0.689. The van der Waals surface area contributed by atoms with Gasteiger partial charge in [-0.15, -0.1) is 0 Å². The van der Waals surface area contributed by atoms with Crippen LogP contribution in [0.1, 0.15) is 10.4 Å². The molecule has 0 aliphatic heterocycles. The number of amides is 2. The van der Waals surface area contributed by atoms with E-state index >= 15 is 0 Å². The van der Waals surface area contributed by atoms with Crippen molar-refractivity contribution < 1.29 is 14.3 Å². The smallest absolute Gasteiger partial charge is 0.262 e. The van der Waals surface area contributed by atoms with Crippen LogP contribution in [0.25, 0.3) is 0 Å². The molecular weight excluding hydrogens is 398 g/mol. The molecule has 2 amide bonds. The van der Waals surface area contributed by atoms with Crippen molar-refractivity contribution in [2.75, 3.05) is 39.1 Å². The SMILES string of the molecule is CN(C)CCNC(=O)c1ccccc1OCC(=O)Nc1ccc(Br)cc1. The number of likely N-dealkylation sites (N-methyl/N-ethyl adjacent to an activating group) is 1. The third-order valence-electron chi connectivity index (χ3n) is 3.46. The number of carbonyl (C=O) groups is 2. The Labute approximate surface area is 161 Å². The predicted octanol–water partition coefficient (Wildman–Crippen LogP) is 2.76. The summed E-state index contributed by atoms with van der Waals surface area (Å²) in [6.07, 6.45) is 0. The number of hydrogen-bond donors (Lipinski definition) is 2. The number of nitrogens with one attached hydrogen (secondary N) is 2. The first-order valence-electron chi connectivity index (χ1n) is 8.16. The fourth-order valence-corrected chi connectivity index (χ4v) is 2.41. The molecular formula is C19H22BrN3O3. The van der Waals surface area contributed by atoms with Gasteiger partial charge in [-0.1, -0.05) is 28.1 Å². The molecule has 0 bridgehead atoms. The molecule has 0 saturated carbocycles. The van der Waals surface area contributed by atoms with Gasteiger partial charge in [-0.3, -0.25) is 9.59 Å². The van der Waals surface area contributed by atoms with Crippen molar-refractivity contribution in [3.8, 4) is 5.75 Å². The molecule has 2 aromatic carbocycles. The number of hydrogen-bond acceptors (Lipinski definition) is 4. The molecule has 0 saturated heterocycles. The highest BCUT2D eigenvalue weighted by atomic mass is 79.9. The van der Waals surface area contributed by atoms with E-state index in [4.69, 9.17) is 4.74 Å². The summed E-state index contributed by atoms with van der Waals surface area (Å²) in [4.78, 5) is 26.3. The van der Waals surface area contributed by atoms with Crippen molar-refractivity contribution >= 4 is 33.4 Å². The molecule has 0 aliphatic rings. The molecule has 2 aromatic rings. The molecule has 2 rings (SSSR count). The Morgan fingerprint density at radius 1 is 1.08 bits per heavy atom. The summed E-state index contributed by atoms with van der Waals surface area (Å²) >= 11 is 3.34. The Balaban J connectivity index is 1.91. The van der Waals surface area contributed by atoms with Gasteiger partial charge in [0.15, 0.2) is 6.61 Å². The van der Waals surface area contributed by atoms with Crippen LogP contribution in [0.15, 0.2) is 53.0 Å². The van der Waals surface area contributed by atoms with E-state index in [0.717, 1.165) is 11.0 Å². The van der Waals surface area contributed by atoms with Crippen molar-refractivity contribution in [1.82, 2.24) is 10.2 Å². The summed E-state index contributed by atoms with van der Waals surface area (Å²) in [5, 5.41) is 5.58. The molecule has 7 heteroatoms. The molecule has 0 aliphatic carbocycles. The average molecular weight is 420 g/mol. The molecule has 0 radical (unpaired) electrons. The van der Waals surface area contributed by atoms with Crippen LogP contribution in [-0.2, 0) is 4.79 Å². The molecule has 6 nitrogen and oxygen atoms in total. The molecule has 0 aromatic heterocycles. The zero-order valence-corrected chi connectivity index (χ0v) is 16.4. The lowest BCUT2D eigenvalue weighted by atomic mass is 10.2. The van der Waals surface area contributed by atoms with Crippen LogP contribution in [-0.4, -0.2) is 50.5 Å². The van der Waals surface area contributed by atoms with Crippen molar-refractivity contribution in [3.63, 3.8) is 0 Å². The van der Waals surface area contributed by atoms with E-state index in [-0.39, 0.29) is 18.4 Å². The topological polar surface area (TPSA) is 70.7 Å². The van der Waals surface area contributed by atoms with E-state index in [0.29, 0.717) is 23.5 Å². The lowest BCUT2D eigenvalue weighted by molar-refractivity contribution is -0.118. The largest absolute Gasteiger partial charge is 0.483 e. The Morgan fingerprint density at radius 3 is 2.46 bits per heavy atom. The predicted molar refractivity (Wildman–Crippen MR) is 106 cm³/mol. The fraction of sp³-hybridized carbons (Fsp3) is 0.263.